The van der Waals surface area contributed by atoms with Gasteiger partial charge in [-0.3, -0.25) is 9.59 Å². The summed E-state index contributed by atoms with van der Waals surface area (Å²) in [6.45, 7) is -0.0919. The van der Waals surface area contributed by atoms with E-state index >= 15 is 0 Å². The van der Waals surface area contributed by atoms with Crippen molar-refractivity contribution in [1.29, 1.82) is 0 Å². The third-order valence-corrected chi connectivity index (χ3v) is 4.25. The van der Waals surface area contributed by atoms with Crippen LogP contribution in [0.15, 0.2) is 61.2 Å². The van der Waals surface area contributed by atoms with Gasteiger partial charge in [-0.05, 0) is 41.5 Å². The minimum Gasteiger partial charge on any atom is -0.493 e. The van der Waals surface area contributed by atoms with Crippen LogP contribution in [0.3, 0.4) is 0 Å². The predicted octanol–water partition coefficient (Wildman–Crippen LogP) is 2.21. The smallest absolute Gasteiger partial charge is 0.255 e. The maximum atomic E-state index is 14.3. The minimum absolute atomic E-state index is 0.174. The summed E-state index contributed by atoms with van der Waals surface area (Å²) in [6.07, 6.45) is 7.68. The molecular formula is C22H21FN4O4. The molecule has 0 aliphatic rings. The number of ether oxygens (including phenoxy) is 2. The van der Waals surface area contributed by atoms with Gasteiger partial charge in [-0.15, -0.1) is 0 Å². The van der Waals surface area contributed by atoms with Crippen LogP contribution in [0, 0.1) is 5.82 Å². The molecule has 0 aliphatic heterocycles. The van der Waals surface area contributed by atoms with Gasteiger partial charge in [-0.2, -0.15) is 0 Å². The summed E-state index contributed by atoms with van der Waals surface area (Å²) in [4.78, 5) is 26.9. The molecule has 31 heavy (non-hydrogen) atoms. The average molecular weight is 424 g/mol. The van der Waals surface area contributed by atoms with Crippen molar-refractivity contribution in [3.05, 3.63) is 78.1 Å². The van der Waals surface area contributed by atoms with Crippen LogP contribution in [0.25, 0.3) is 11.8 Å². The Morgan fingerprint density at radius 1 is 1.23 bits per heavy atom. The predicted molar refractivity (Wildman–Crippen MR) is 112 cm³/mol. The number of halogens is 1. The second kappa shape index (κ2) is 10.1. The van der Waals surface area contributed by atoms with Gasteiger partial charge in [0.2, 0.25) is 5.91 Å². The minimum atomic E-state index is -0.598. The van der Waals surface area contributed by atoms with Gasteiger partial charge >= 0.3 is 0 Å². The zero-order valence-corrected chi connectivity index (χ0v) is 16.7. The van der Waals surface area contributed by atoms with E-state index in [1.807, 2.05) is 0 Å². The third kappa shape index (κ3) is 5.92. The van der Waals surface area contributed by atoms with E-state index in [9.17, 15) is 14.0 Å². The lowest BCUT2D eigenvalue weighted by molar-refractivity contribution is -0.120. The van der Waals surface area contributed by atoms with Crippen LogP contribution in [0.4, 0.5) is 4.39 Å². The molecule has 0 fully saturated rings. The number of rotatable bonds is 9. The summed E-state index contributed by atoms with van der Waals surface area (Å²) < 4.78 is 26.3. The van der Waals surface area contributed by atoms with Crippen LogP contribution >= 0.6 is 0 Å². The molecule has 0 unspecified atom stereocenters. The third-order valence-electron chi connectivity index (χ3n) is 4.25. The summed E-state index contributed by atoms with van der Waals surface area (Å²) in [6, 6.07) is 9.71. The molecule has 3 aromatic rings. The number of methoxy groups -OCH3 is 1. The highest BCUT2D eigenvalue weighted by Gasteiger charge is 2.08. The number of hydrogen-bond donors (Lipinski definition) is 2. The van der Waals surface area contributed by atoms with Gasteiger partial charge in [0, 0.05) is 25.0 Å². The number of benzene rings is 2. The van der Waals surface area contributed by atoms with E-state index in [-0.39, 0.29) is 19.1 Å². The lowest BCUT2D eigenvalue weighted by Gasteiger charge is -2.10. The van der Waals surface area contributed by atoms with Crippen molar-refractivity contribution in [3.63, 3.8) is 0 Å². The fourth-order valence-corrected chi connectivity index (χ4v) is 2.75. The van der Waals surface area contributed by atoms with Crippen LogP contribution in [0.5, 0.6) is 11.5 Å². The SMILES string of the molecule is COc1cc(/C=C/C(=O)NCc2ccc(-n3ccnc3)c(F)c2)ccc1OCC(N)=O. The Hall–Kier alpha value is -4.14. The molecule has 3 N–H and O–H groups in total. The number of nitrogens with two attached hydrogens (primary N) is 1. The first-order chi connectivity index (χ1) is 15.0. The lowest BCUT2D eigenvalue weighted by atomic mass is 10.1. The van der Waals surface area contributed by atoms with Crippen molar-refractivity contribution >= 4 is 17.9 Å². The van der Waals surface area contributed by atoms with E-state index in [0.29, 0.717) is 28.3 Å². The number of nitrogens with zero attached hydrogens (tertiary/aromatic N) is 2. The largest absolute Gasteiger partial charge is 0.493 e. The number of hydrogen-bond acceptors (Lipinski definition) is 5. The Bertz CT molecular complexity index is 1100. The van der Waals surface area contributed by atoms with E-state index in [1.54, 1.807) is 53.4 Å². The van der Waals surface area contributed by atoms with Crippen molar-refractivity contribution in [3.8, 4) is 17.2 Å². The zero-order valence-electron chi connectivity index (χ0n) is 16.7. The molecule has 0 bridgehead atoms. The first kappa shape index (κ1) is 21.6. The highest BCUT2D eigenvalue weighted by atomic mass is 19.1. The van der Waals surface area contributed by atoms with Gasteiger partial charge in [-0.1, -0.05) is 12.1 Å². The number of primary amides is 1. The van der Waals surface area contributed by atoms with Crippen molar-refractivity contribution in [2.45, 2.75) is 6.54 Å². The summed E-state index contributed by atoms with van der Waals surface area (Å²) >= 11 is 0. The Balaban J connectivity index is 1.58. The fourth-order valence-electron chi connectivity index (χ4n) is 2.75. The second-order valence-electron chi connectivity index (χ2n) is 6.47. The Kier molecular flexibility index (Phi) is 7.00. The van der Waals surface area contributed by atoms with Crippen molar-refractivity contribution in [1.82, 2.24) is 14.9 Å². The number of carbonyl (C=O) groups is 2. The molecule has 9 heteroatoms. The molecule has 0 radical (unpaired) electrons. The summed E-state index contributed by atoms with van der Waals surface area (Å²) in [5, 5.41) is 2.70. The lowest BCUT2D eigenvalue weighted by Crippen LogP contribution is -2.20. The van der Waals surface area contributed by atoms with Gasteiger partial charge < -0.3 is 25.1 Å². The molecule has 0 spiro atoms. The van der Waals surface area contributed by atoms with Crippen molar-refractivity contribution in [2.75, 3.05) is 13.7 Å². The number of aromatic nitrogens is 2. The molecule has 8 nitrogen and oxygen atoms in total. The van der Waals surface area contributed by atoms with Crippen LogP contribution in [-0.2, 0) is 16.1 Å². The maximum Gasteiger partial charge on any atom is 0.255 e. The molecule has 3 rings (SSSR count). The Morgan fingerprint density at radius 2 is 2.06 bits per heavy atom. The normalized spacial score (nSPS) is 10.8. The number of imidazole rings is 1. The second-order valence-corrected chi connectivity index (χ2v) is 6.47. The highest BCUT2D eigenvalue weighted by molar-refractivity contribution is 5.91. The molecular weight excluding hydrogens is 403 g/mol. The Labute approximate surface area is 178 Å². The quantitative estimate of drug-likeness (QED) is 0.512. The van der Waals surface area contributed by atoms with E-state index in [1.165, 1.54) is 25.6 Å². The summed E-state index contributed by atoms with van der Waals surface area (Å²) in [5.41, 5.74) is 6.76. The van der Waals surface area contributed by atoms with Gasteiger partial charge in [0.15, 0.2) is 18.1 Å². The van der Waals surface area contributed by atoms with Crippen molar-refractivity contribution < 1.29 is 23.5 Å². The summed E-state index contributed by atoms with van der Waals surface area (Å²) in [7, 11) is 1.46. The molecule has 0 atom stereocenters. The van der Waals surface area contributed by atoms with E-state index in [4.69, 9.17) is 15.2 Å². The topological polar surface area (TPSA) is 108 Å². The van der Waals surface area contributed by atoms with E-state index in [2.05, 4.69) is 10.3 Å². The standard InChI is InChI=1S/C22H21FN4O4/c1-30-20-11-15(3-6-19(20)31-13-21(24)28)4-7-22(29)26-12-16-2-5-18(17(23)10-16)27-9-8-25-14-27/h2-11,14H,12-13H2,1H3,(H2,24,28)(H,26,29)/b7-4+. The van der Waals surface area contributed by atoms with E-state index < -0.39 is 11.7 Å². The molecule has 2 aromatic carbocycles. The molecule has 0 aliphatic carbocycles. The summed E-state index contributed by atoms with van der Waals surface area (Å²) in [5.74, 6) is -0.585. The molecule has 0 saturated carbocycles. The molecule has 1 heterocycles. The van der Waals surface area contributed by atoms with Crippen LogP contribution in [0.1, 0.15) is 11.1 Å². The van der Waals surface area contributed by atoms with Crippen molar-refractivity contribution in [2.24, 2.45) is 5.73 Å². The number of amides is 2. The first-order valence-electron chi connectivity index (χ1n) is 9.28. The van der Waals surface area contributed by atoms with Crippen LogP contribution < -0.4 is 20.5 Å². The monoisotopic (exact) mass is 424 g/mol. The zero-order chi connectivity index (χ0) is 22.2. The Morgan fingerprint density at radius 3 is 2.74 bits per heavy atom. The average Bonchev–Trinajstić information content (AvgIpc) is 3.29. The first-order valence-corrected chi connectivity index (χ1v) is 9.28. The van der Waals surface area contributed by atoms with Gasteiger partial charge in [0.25, 0.3) is 5.91 Å². The molecule has 2 amide bonds. The molecule has 160 valence electrons. The van der Waals surface area contributed by atoms with Gasteiger partial charge in [-0.25, -0.2) is 9.37 Å². The van der Waals surface area contributed by atoms with Crippen LogP contribution in [0.2, 0.25) is 0 Å². The fraction of sp³-hybridized carbons (Fsp3) is 0.136. The maximum absolute atomic E-state index is 14.3. The number of nitrogens with one attached hydrogen (secondary N) is 1. The highest BCUT2D eigenvalue weighted by Crippen LogP contribution is 2.28. The van der Waals surface area contributed by atoms with Gasteiger partial charge in [0.05, 0.1) is 19.1 Å². The van der Waals surface area contributed by atoms with Crippen LogP contribution in [-0.4, -0.2) is 35.1 Å². The molecule has 1 aromatic heterocycles. The number of carbonyl (C=O) groups excluding carboxylic acids is 2. The van der Waals surface area contributed by atoms with E-state index in [0.717, 1.165) is 0 Å². The van der Waals surface area contributed by atoms with Gasteiger partial charge in [0.1, 0.15) is 5.82 Å². The molecule has 0 saturated heterocycles.